The molecule has 1 atom stereocenters. The van der Waals surface area contributed by atoms with Gasteiger partial charge in [0, 0.05) is 23.7 Å². The van der Waals surface area contributed by atoms with Crippen LogP contribution in [0.3, 0.4) is 0 Å². The lowest BCUT2D eigenvalue weighted by atomic mass is 10.1. The number of carbonyl (C=O) groups is 1. The summed E-state index contributed by atoms with van der Waals surface area (Å²) >= 11 is 5.87. The molecule has 0 aliphatic carbocycles. The van der Waals surface area contributed by atoms with Crippen molar-refractivity contribution in [1.29, 1.82) is 0 Å². The van der Waals surface area contributed by atoms with Gasteiger partial charge in [-0.3, -0.25) is 4.79 Å². The Hall–Kier alpha value is -2.24. The Morgan fingerprint density at radius 1 is 1.12 bits per heavy atom. The second kappa shape index (κ2) is 9.30. The Labute approximate surface area is 152 Å². The van der Waals surface area contributed by atoms with Gasteiger partial charge in [-0.2, -0.15) is 0 Å². The van der Waals surface area contributed by atoms with Crippen LogP contribution in [0.4, 0.5) is 0 Å². The number of methoxy groups -OCH3 is 2. The second-order valence-electron chi connectivity index (χ2n) is 5.61. The molecule has 5 nitrogen and oxygen atoms in total. The number of benzene rings is 2. The van der Waals surface area contributed by atoms with E-state index >= 15 is 0 Å². The van der Waals surface area contributed by atoms with Crippen molar-refractivity contribution in [2.45, 2.75) is 19.6 Å². The second-order valence-corrected chi connectivity index (χ2v) is 6.05. The lowest BCUT2D eigenvalue weighted by Crippen LogP contribution is -2.35. The highest BCUT2D eigenvalue weighted by Crippen LogP contribution is 2.29. The third kappa shape index (κ3) is 5.66. The molecule has 0 unspecified atom stereocenters. The molecule has 2 aromatic carbocycles. The van der Waals surface area contributed by atoms with Gasteiger partial charge in [0.25, 0.3) is 5.91 Å². The van der Waals surface area contributed by atoms with Crippen LogP contribution in [0.5, 0.6) is 11.5 Å². The monoisotopic (exact) mass is 363 g/mol. The highest BCUT2D eigenvalue weighted by atomic mass is 35.5. The minimum absolute atomic E-state index is 0.0793. The first-order valence-corrected chi connectivity index (χ1v) is 8.26. The van der Waals surface area contributed by atoms with E-state index in [0.29, 0.717) is 35.3 Å². The van der Waals surface area contributed by atoms with Crippen molar-refractivity contribution in [3.8, 4) is 11.5 Å². The van der Waals surface area contributed by atoms with Crippen LogP contribution in [0.2, 0.25) is 5.02 Å². The number of halogens is 1. The zero-order chi connectivity index (χ0) is 18.2. The average Bonchev–Trinajstić information content (AvgIpc) is 2.61. The summed E-state index contributed by atoms with van der Waals surface area (Å²) in [5.41, 5.74) is 1.49. The van der Waals surface area contributed by atoms with Gasteiger partial charge in [0.15, 0.2) is 11.5 Å². The molecule has 0 saturated heterocycles. The Balaban J connectivity index is 2.05. The molecule has 0 bridgehead atoms. The number of hydrogen-bond acceptors (Lipinski definition) is 4. The summed E-state index contributed by atoms with van der Waals surface area (Å²) in [6, 6.07) is 12.4. The lowest BCUT2D eigenvalue weighted by molar-refractivity contribution is 0.0905. The van der Waals surface area contributed by atoms with Crippen molar-refractivity contribution in [1.82, 2.24) is 5.32 Å². The van der Waals surface area contributed by atoms with E-state index in [2.05, 4.69) is 5.32 Å². The maximum atomic E-state index is 12.2. The van der Waals surface area contributed by atoms with Crippen LogP contribution >= 0.6 is 11.6 Å². The molecule has 2 aromatic rings. The summed E-state index contributed by atoms with van der Waals surface area (Å²) in [6.45, 7) is 2.71. The molecule has 0 saturated carbocycles. The zero-order valence-electron chi connectivity index (χ0n) is 14.5. The maximum absolute atomic E-state index is 12.2. The first-order valence-electron chi connectivity index (χ1n) is 7.88. The van der Waals surface area contributed by atoms with E-state index in [0.717, 1.165) is 5.56 Å². The highest BCUT2D eigenvalue weighted by Gasteiger charge is 2.13. The minimum Gasteiger partial charge on any atom is -0.493 e. The molecule has 0 aliphatic heterocycles. The van der Waals surface area contributed by atoms with E-state index < -0.39 is 0 Å². The molecule has 6 heteroatoms. The molecule has 134 valence electrons. The van der Waals surface area contributed by atoms with Gasteiger partial charge in [-0.25, -0.2) is 0 Å². The lowest BCUT2D eigenvalue weighted by Gasteiger charge is -2.15. The largest absolute Gasteiger partial charge is 0.493 e. The van der Waals surface area contributed by atoms with Crippen molar-refractivity contribution >= 4 is 17.5 Å². The van der Waals surface area contributed by atoms with Crippen LogP contribution in [-0.2, 0) is 11.3 Å². The Bertz CT molecular complexity index is 703. The maximum Gasteiger partial charge on any atom is 0.251 e. The number of hydrogen-bond donors (Lipinski definition) is 1. The Kier molecular flexibility index (Phi) is 7.10. The molecule has 0 heterocycles. The van der Waals surface area contributed by atoms with Crippen molar-refractivity contribution in [3.05, 3.63) is 58.6 Å². The SMILES string of the molecule is COC[C@H](C)NC(=O)c1ccc(OCc2ccc(Cl)cc2)c(OC)c1. The van der Waals surface area contributed by atoms with Crippen molar-refractivity contribution in [3.63, 3.8) is 0 Å². The fraction of sp³-hybridized carbons (Fsp3) is 0.316. The van der Waals surface area contributed by atoms with E-state index in [-0.39, 0.29) is 11.9 Å². The number of amides is 1. The molecule has 1 N–H and O–H groups in total. The van der Waals surface area contributed by atoms with Crippen LogP contribution in [0.15, 0.2) is 42.5 Å². The minimum atomic E-state index is -0.188. The van der Waals surface area contributed by atoms with Gasteiger partial charge in [-0.1, -0.05) is 23.7 Å². The number of nitrogens with one attached hydrogen (secondary N) is 1. The van der Waals surface area contributed by atoms with Gasteiger partial charge >= 0.3 is 0 Å². The van der Waals surface area contributed by atoms with Crippen LogP contribution in [-0.4, -0.2) is 32.8 Å². The standard InChI is InChI=1S/C19H22ClNO4/c1-13(11-23-2)21-19(22)15-6-9-17(18(10-15)24-3)25-12-14-4-7-16(20)8-5-14/h4-10,13H,11-12H2,1-3H3,(H,21,22)/t13-/m0/s1. The molecule has 0 spiro atoms. The summed E-state index contributed by atoms with van der Waals surface area (Å²) in [4.78, 5) is 12.2. The summed E-state index contributed by atoms with van der Waals surface area (Å²) in [5, 5.41) is 3.54. The van der Waals surface area contributed by atoms with E-state index in [4.69, 9.17) is 25.8 Å². The van der Waals surface area contributed by atoms with Gasteiger partial charge in [0.05, 0.1) is 13.7 Å². The third-order valence-corrected chi connectivity index (χ3v) is 3.78. The van der Waals surface area contributed by atoms with Gasteiger partial charge in [0.2, 0.25) is 0 Å². The van der Waals surface area contributed by atoms with Gasteiger partial charge < -0.3 is 19.5 Å². The fourth-order valence-electron chi connectivity index (χ4n) is 2.27. The highest BCUT2D eigenvalue weighted by molar-refractivity contribution is 6.30. The van der Waals surface area contributed by atoms with E-state index in [9.17, 15) is 4.79 Å². The Morgan fingerprint density at radius 2 is 1.84 bits per heavy atom. The summed E-state index contributed by atoms with van der Waals surface area (Å²) in [7, 11) is 3.14. The number of carbonyl (C=O) groups excluding carboxylic acids is 1. The molecule has 1 amide bonds. The zero-order valence-corrected chi connectivity index (χ0v) is 15.3. The van der Waals surface area contributed by atoms with Crippen molar-refractivity contribution in [2.75, 3.05) is 20.8 Å². The van der Waals surface area contributed by atoms with Crippen LogP contribution in [0.25, 0.3) is 0 Å². The normalized spacial score (nSPS) is 11.7. The topological polar surface area (TPSA) is 56.8 Å². The molecule has 2 rings (SSSR count). The molecule has 0 aromatic heterocycles. The van der Waals surface area contributed by atoms with E-state index in [1.807, 2.05) is 31.2 Å². The number of rotatable bonds is 8. The summed E-state index contributed by atoms with van der Waals surface area (Å²) in [6.07, 6.45) is 0. The van der Waals surface area contributed by atoms with Crippen LogP contribution in [0, 0.1) is 0 Å². The van der Waals surface area contributed by atoms with E-state index in [1.165, 1.54) is 0 Å². The smallest absolute Gasteiger partial charge is 0.251 e. The predicted octanol–water partition coefficient (Wildman–Crippen LogP) is 3.69. The quantitative estimate of drug-likeness (QED) is 0.777. The molecular formula is C19H22ClNO4. The molecule has 25 heavy (non-hydrogen) atoms. The van der Waals surface area contributed by atoms with Crippen LogP contribution < -0.4 is 14.8 Å². The molecular weight excluding hydrogens is 342 g/mol. The van der Waals surface area contributed by atoms with Crippen molar-refractivity contribution in [2.24, 2.45) is 0 Å². The predicted molar refractivity (Wildman–Crippen MR) is 97.6 cm³/mol. The molecule has 0 radical (unpaired) electrons. The summed E-state index contributed by atoms with van der Waals surface area (Å²) < 4.78 is 16.2. The van der Waals surface area contributed by atoms with Crippen LogP contribution in [0.1, 0.15) is 22.8 Å². The summed E-state index contributed by atoms with van der Waals surface area (Å²) in [5.74, 6) is 0.882. The van der Waals surface area contributed by atoms with Gasteiger partial charge in [-0.15, -0.1) is 0 Å². The third-order valence-electron chi connectivity index (χ3n) is 3.53. The molecule has 0 aliphatic rings. The fourth-order valence-corrected chi connectivity index (χ4v) is 2.39. The first-order chi connectivity index (χ1) is 12.0. The first kappa shape index (κ1) is 19.1. The molecule has 0 fully saturated rings. The van der Waals surface area contributed by atoms with Crippen molar-refractivity contribution < 1.29 is 19.0 Å². The number of ether oxygens (including phenoxy) is 3. The Morgan fingerprint density at radius 3 is 2.48 bits per heavy atom. The van der Waals surface area contributed by atoms with E-state index in [1.54, 1.807) is 32.4 Å². The van der Waals surface area contributed by atoms with Gasteiger partial charge in [0.1, 0.15) is 6.61 Å². The average molecular weight is 364 g/mol. The van der Waals surface area contributed by atoms with Gasteiger partial charge in [-0.05, 0) is 42.8 Å².